The smallest absolute Gasteiger partial charge is 0.00602 e. The molecule has 0 aliphatic carbocycles. The van der Waals surface area contributed by atoms with E-state index in [1.807, 2.05) is 0 Å². The van der Waals surface area contributed by atoms with Gasteiger partial charge in [0.2, 0.25) is 0 Å². The summed E-state index contributed by atoms with van der Waals surface area (Å²) < 4.78 is 0. The van der Waals surface area contributed by atoms with E-state index >= 15 is 0 Å². The van der Waals surface area contributed by atoms with E-state index in [0.29, 0.717) is 0 Å². The zero-order valence-electron chi connectivity index (χ0n) is 9.21. The minimum Gasteiger partial charge on any atom is -0.124 e. The second-order valence-corrected chi connectivity index (χ2v) is 12.6. The largest absolute Gasteiger partial charge is 0.124 e. The van der Waals surface area contributed by atoms with Gasteiger partial charge in [-0.15, -0.1) is 11.4 Å². The Morgan fingerprint density at radius 1 is 1.00 bits per heavy atom. The van der Waals surface area contributed by atoms with Gasteiger partial charge in [-0.25, -0.2) is 0 Å². The van der Waals surface area contributed by atoms with Crippen LogP contribution in [-0.2, 0) is 11.8 Å². The third-order valence-electron chi connectivity index (χ3n) is 2.29. The van der Waals surface area contributed by atoms with Crippen molar-refractivity contribution in [2.75, 3.05) is 18.1 Å². The maximum Gasteiger partial charge on any atom is 0.00602 e. The molecule has 0 saturated heterocycles. The van der Waals surface area contributed by atoms with Crippen molar-refractivity contribution in [3.05, 3.63) is 0 Å². The zero-order valence-corrected chi connectivity index (χ0v) is 11.7. The van der Waals surface area contributed by atoms with Gasteiger partial charge in [0.1, 0.15) is 0 Å². The Hall–Kier alpha value is 1.00. The third-order valence-corrected chi connectivity index (χ3v) is 11.2. The summed E-state index contributed by atoms with van der Waals surface area (Å²) in [5, 5.41) is -0.980. The lowest BCUT2D eigenvalue weighted by Gasteiger charge is -2.16. The quantitative estimate of drug-likeness (QED) is 0.443. The second kappa shape index (κ2) is 8.32. The molecule has 0 spiro atoms. The van der Waals surface area contributed by atoms with Crippen molar-refractivity contribution in [2.24, 2.45) is 0 Å². The van der Waals surface area contributed by atoms with Gasteiger partial charge in [-0.05, 0) is 24.5 Å². The molecule has 0 heterocycles. The Balaban J connectivity index is 3.45. The lowest BCUT2D eigenvalue weighted by molar-refractivity contribution is 0.707. The molecule has 0 N–H and O–H groups in total. The fourth-order valence-corrected chi connectivity index (χ4v) is 5.80. The SMILES string of the molecule is CCCCCCSP(=S)(CC)CC. The van der Waals surface area contributed by atoms with E-state index in [2.05, 4.69) is 32.2 Å². The topological polar surface area (TPSA) is 0 Å². The molecule has 0 aliphatic rings. The zero-order chi connectivity index (χ0) is 10.2. The van der Waals surface area contributed by atoms with Crippen molar-refractivity contribution in [1.82, 2.24) is 0 Å². The lowest BCUT2D eigenvalue weighted by Crippen LogP contribution is -1.87. The van der Waals surface area contributed by atoms with Crippen molar-refractivity contribution in [2.45, 2.75) is 46.5 Å². The van der Waals surface area contributed by atoms with Crippen LogP contribution < -0.4 is 0 Å². The van der Waals surface area contributed by atoms with Gasteiger partial charge in [0.25, 0.3) is 0 Å². The highest BCUT2D eigenvalue weighted by atomic mass is 32.9. The molecular weight excluding hydrogens is 215 g/mol. The van der Waals surface area contributed by atoms with Crippen LogP contribution >= 0.6 is 16.6 Å². The van der Waals surface area contributed by atoms with Crippen LogP contribution in [0.15, 0.2) is 0 Å². The van der Waals surface area contributed by atoms with Crippen molar-refractivity contribution < 1.29 is 0 Å². The predicted molar refractivity (Wildman–Crippen MR) is 72.0 cm³/mol. The highest BCUT2D eigenvalue weighted by Gasteiger charge is 2.11. The highest BCUT2D eigenvalue weighted by molar-refractivity contribution is 8.70. The molecule has 0 aromatic carbocycles. The first-order valence-corrected chi connectivity index (χ1v) is 10.2. The maximum absolute atomic E-state index is 5.66. The third kappa shape index (κ3) is 6.99. The Bertz CT molecular complexity index is 149. The summed E-state index contributed by atoms with van der Waals surface area (Å²) in [6.07, 6.45) is 7.96. The summed E-state index contributed by atoms with van der Waals surface area (Å²) in [6, 6.07) is 0. The minimum atomic E-state index is -0.980. The molecule has 3 heteroatoms. The van der Waals surface area contributed by atoms with E-state index in [1.54, 1.807) is 0 Å². The minimum absolute atomic E-state index is 0.980. The second-order valence-electron chi connectivity index (χ2n) is 3.34. The highest BCUT2D eigenvalue weighted by Crippen LogP contribution is 2.58. The van der Waals surface area contributed by atoms with Gasteiger partial charge in [-0.1, -0.05) is 51.8 Å². The van der Waals surface area contributed by atoms with Crippen LogP contribution in [0.5, 0.6) is 0 Å². The van der Waals surface area contributed by atoms with Gasteiger partial charge in [0.15, 0.2) is 0 Å². The first-order valence-electron chi connectivity index (χ1n) is 5.41. The maximum atomic E-state index is 5.66. The van der Waals surface area contributed by atoms with Gasteiger partial charge < -0.3 is 0 Å². The van der Waals surface area contributed by atoms with Crippen LogP contribution in [-0.4, -0.2) is 18.1 Å². The first-order chi connectivity index (χ1) is 6.18. The number of unbranched alkanes of at least 4 members (excludes halogenated alkanes) is 3. The van der Waals surface area contributed by atoms with Gasteiger partial charge in [-0.3, -0.25) is 0 Å². The molecule has 0 aromatic heterocycles. The molecule has 0 atom stereocenters. The molecule has 13 heavy (non-hydrogen) atoms. The van der Waals surface area contributed by atoms with E-state index < -0.39 is 5.24 Å². The van der Waals surface area contributed by atoms with Crippen LogP contribution in [0.25, 0.3) is 0 Å². The fourth-order valence-electron chi connectivity index (χ4n) is 1.17. The standard InChI is InChI=1S/C10H23PS2/c1-4-7-8-9-10-13-11(12,5-2)6-3/h4-10H2,1-3H3. The monoisotopic (exact) mass is 238 g/mol. The summed E-state index contributed by atoms with van der Waals surface area (Å²) in [5.74, 6) is 1.30. The van der Waals surface area contributed by atoms with Crippen molar-refractivity contribution >= 4 is 28.4 Å². The van der Waals surface area contributed by atoms with Crippen molar-refractivity contribution in [3.8, 4) is 0 Å². The van der Waals surface area contributed by atoms with E-state index in [4.69, 9.17) is 11.8 Å². The Kier molecular flexibility index (Phi) is 8.96. The Morgan fingerprint density at radius 2 is 1.62 bits per heavy atom. The van der Waals surface area contributed by atoms with Crippen molar-refractivity contribution in [3.63, 3.8) is 0 Å². The molecule has 0 bridgehead atoms. The molecule has 0 unspecified atom stereocenters. The number of hydrogen-bond donors (Lipinski definition) is 0. The van der Waals surface area contributed by atoms with Gasteiger partial charge in [0, 0.05) is 5.24 Å². The molecule has 0 aromatic rings. The molecule has 0 nitrogen and oxygen atoms in total. The van der Waals surface area contributed by atoms with Crippen LogP contribution in [0.3, 0.4) is 0 Å². The average Bonchev–Trinajstić information content (AvgIpc) is 2.17. The Morgan fingerprint density at radius 3 is 2.08 bits per heavy atom. The van der Waals surface area contributed by atoms with E-state index in [9.17, 15) is 0 Å². The summed E-state index contributed by atoms with van der Waals surface area (Å²) in [6.45, 7) is 6.77. The van der Waals surface area contributed by atoms with Crippen LogP contribution in [0.1, 0.15) is 46.5 Å². The molecule has 0 radical (unpaired) electrons. The molecule has 0 rings (SSSR count). The Labute approximate surface area is 93.0 Å². The predicted octanol–water partition coefficient (Wildman–Crippen LogP) is 4.73. The van der Waals surface area contributed by atoms with E-state index in [1.165, 1.54) is 43.8 Å². The van der Waals surface area contributed by atoms with Crippen molar-refractivity contribution in [1.29, 1.82) is 0 Å². The fraction of sp³-hybridized carbons (Fsp3) is 1.00. The van der Waals surface area contributed by atoms with Gasteiger partial charge in [-0.2, -0.15) is 0 Å². The number of hydrogen-bond acceptors (Lipinski definition) is 2. The summed E-state index contributed by atoms with van der Waals surface area (Å²) in [7, 11) is 0. The summed E-state index contributed by atoms with van der Waals surface area (Å²) in [4.78, 5) is 0. The van der Waals surface area contributed by atoms with E-state index in [0.717, 1.165) is 0 Å². The molecule has 0 fully saturated rings. The summed E-state index contributed by atoms with van der Waals surface area (Å²) >= 11 is 7.76. The molecule has 0 aliphatic heterocycles. The molecule has 0 amide bonds. The van der Waals surface area contributed by atoms with Crippen LogP contribution in [0.2, 0.25) is 0 Å². The molecule has 80 valence electrons. The van der Waals surface area contributed by atoms with E-state index in [-0.39, 0.29) is 0 Å². The molecular formula is C10H23PS2. The lowest BCUT2D eigenvalue weighted by atomic mass is 10.2. The molecule has 0 saturated carbocycles. The van der Waals surface area contributed by atoms with Gasteiger partial charge >= 0.3 is 0 Å². The summed E-state index contributed by atoms with van der Waals surface area (Å²) in [5.41, 5.74) is 0. The average molecular weight is 238 g/mol. The normalized spacial score (nSPS) is 11.9. The first kappa shape index (κ1) is 14.0. The van der Waals surface area contributed by atoms with Crippen LogP contribution in [0.4, 0.5) is 0 Å². The van der Waals surface area contributed by atoms with Gasteiger partial charge in [0.05, 0.1) is 0 Å². The number of rotatable bonds is 8. The van der Waals surface area contributed by atoms with Crippen LogP contribution in [0, 0.1) is 0 Å².